The van der Waals surface area contributed by atoms with Crippen LogP contribution in [-0.2, 0) is 9.47 Å². The Kier molecular flexibility index (Phi) is 4.01. The molecule has 5 nitrogen and oxygen atoms in total. The summed E-state index contributed by atoms with van der Waals surface area (Å²) in [6, 6.07) is 5.47. The number of rotatable bonds is 4. The van der Waals surface area contributed by atoms with Gasteiger partial charge < -0.3 is 9.47 Å². The van der Waals surface area contributed by atoms with E-state index in [1.54, 1.807) is 0 Å². The summed E-state index contributed by atoms with van der Waals surface area (Å²) in [6.45, 7) is 0.901. The molecule has 2 rings (SSSR count). The van der Waals surface area contributed by atoms with Crippen LogP contribution in [0.3, 0.4) is 0 Å². The Morgan fingerprint density at radius 2 is 2.00 bits per heavy atom. The van der Waals surface area contributed by atoms with Crippen molar-refractivity contribution in [3.05, 3.63) is 51.5 Å². The molecular weight excluding hydrogens is 241 g/mol. The predicted octanol–water partition coefficient (Wildman–Crippen LogP) is 2.21. The SMILES string of the molecule is O=[N+]([O-])/C(=C/c1ccc(F)cc1)CC1OCCO1. The topological polar surface area (TPSA) is 61.6 Å². The van der Waals surface area contributed by atoms with Crippen LogP contribution in [0.5, 0.6) is 0 Å². The van der Waals surface area contributed by atoms with Crippen LogP contribution in [-0.4, -0.2) is 24.4 Å². The van der Waals surface area contributed by atoms with E-state index in [0.29, 0.717) is 18.8 Å². The first kappa shape index (κ1) is 12.7. The second-order valence-electron chi connectivity index (χ2n) is 3.82. The van der Waals surface area contributed by atoms with Crippen LogP contribution >= 0.6 is 0 Å². The summed E-state index contributed by atoms with van der Waals surface area (Å²) in [4.78, 5) is 10.4. The summed E-state index contributed by atoms with van der Waals surface area (Å²) in [5.41, 5.74) is 0.551. The predicted molar refractivity (Wildman–Crippen MR) is 61.7 cm³/mol. The maximum absolute atomic E-state index is 12.7. The zero-order chi connectivity index (χ0) is 13.0. The highest BCUT2D eigenvalue weighted by molar-refractivity contribution is 5.50. The van der Waals surface area contributed by atoms with E-state index in [9.17, 15) is 14.5 Å². The first-order chi connectivity index (χ1) is 8.65. The van der Waals surface area contributed by atoms with Crippen LogP contribution < -0.4 is 0 Å². The standard InChI is InChI=1S/C12H12FNO4/c13-10-3-1-9(2-4-10)7-11(14(15)16)8-12-17-5-6-18-12/h1-4,7,12H,5-6,8H2/b11-7+. The zero-order valence-corrected chi connectivity index (χ0v) is 9.54. The monoisotopic (exact) mass is 253 g/mol. The maximum atomic E-state index is 12.7. The fourth-order valence-corrected chi connectivity index (χ4v) is 1.63. The molecule has 0 saturated carbocycles. The highest BCUT2D eigenvalue weighted by atomic mass is 19.1. The Balaban J connectivity index is 2.13. The van der Waals surface area contributed by atoms with Crippen molar-refractivity contribution < 1.29 is 18.8 Å². The number of nitrogens with zero attached hydrogens (tertiary/aromatic N) is 1. The molecule has 0 spiro atoms. The molecule has 1 aromatic rings. The Labute approximate surface area is 103 Å². The van der Waals surface area contributed by atoms with Crippen molar-refractivity contribution in [2.75, 3.05) is 13.2 Å². The zero-order valence-electron chi connectivity index (χ0n) is 9.54. The van der Waals surface area contributed by atoms with E-state index in [1.165, 1.54) is 30.3 Å². The third-order valence-electron chi connectivity index (χ3n) is 2.50. The van der Waals surface area contributed by atoms with Crippen molar-refractivity contribution in [3.8, 4) is 0 Å². The molecular formula is C12H12FNO4. The second-order valence-corrected chi connectivity index (χ2v) is 3.82. The second kappa shape index (κ2) is 5.70. The van der Waals surface area contributed by atoms with E-state index in [-0.39, 0.29) is 17.9 Å². The lowest BCUT2D eigenvalue weighted by molar-refractivity contribution is -0.429. The third-order valence-corrected chi connectivity index (χ3v) is 2.50. The van der Waals surface area contributed by atoms with Crippen molar-refractivity contribution in [1.29, 1.82) is 0 Å². The fraction of sp³-hybridized carbons (Fsp3) is 0.333. The van der Waals surface area contributed by atoms with Gasteiger partial charge in [0.25, 0.3) is 5.70 Å². The Morgan fingerprint density at radius 3 is 2.56 bits per heavy atom. The van der Waals surface area contributed by atoms with Crippen molar-refractivity contribution in [2.45, 2.75) is 12.7 Å². The van der Waals surface area contributed by atoms with Gasteiger partial charge in [-0.2, -0.15) is 0 Å². The molecule has 1 aromatic carbocycles. The summed E-state index contributed by atoms with van der Waals surface area (Å²) >= 11 is 0. The minimum atomic E-state index is -0.568. The molecule has 0 aliphatic carbocycles. The lowest BCUT2D eigenvalue weighted by Crippen LogP contribution is -2.12. The Morgan fingerprint density at radius 1 is 1.39 bits per heavy atom. The third kappa shape index (κ3) is 3.35. The molecule has 6 heteroatoms. The van der Waals surface area contributed by atoms with Gasteiger partial charge in [-0.15, -0.1) is 0 Å². The normalized spacial score (nSPS) is 17.1. The van der Waals surface area contributed by atoms with Crippen LogP contribution in [0.15, 0.2) is 30.0 Å². The fourth-order valence-electron chi connectivity index (χ4n) is 1.63. The molecule has 1 aliphatic heterocycles. The molecule has 0 amide bonds. The molecule has 0 bridgehead atoms. The molecule has 1 fully saturated rings. The van der Waals surface area contributed by atoms with Gasteiger partial charge in [-0.05, 0) is 17.7 Å². The number of hydrogen-bond acceptors (Lipinski definition) is 4. The van der Waals surface area contributed by atoms with Gasteiger partial charge >= 0.3 is 0 Å². The lowest BCUT2D eigenvalue weighted by Gasteiger charge is -2.06. The molecule has 0 unspecified atom stereocenters. The summed E-state index contributed by atoms with van der Waals surface area (Å²) in [5, 5.41) is 10.9. The van der Waals surface area contributed by atoms with E-state index in [4.69, 9.17) is 9.47 Å². The molecule has 0 atom stereocenters. The Hall–Kier alpha value is -1.79. The number of halogens is 1. The Bertz CT molecular complexity index is 452. The van der Waals surface area contributed by atoms with Crippen molar-refractivity contribution in [1.82, 2.24) is 0 Å². The summed E-state index contributed by atoms with van der Waals surface area (Å²) in [5.74, 6) is -0.378. The molecule has 1 saturated heterocycles. The summed E-state index contributed by atoms with van der Waals surface area (Å²) in [6.07, 6.45) is 0.900. The van der Waals surface area contributed by atoms with Crippen LogP contribution in [0.2, 0.25) is 0 Å². The van der Waals surface area contributed by atoms with Crippen LogP contribution in [0.25, 0.3) is 6.08 Å². The highest BCUT2D eigenvalue weighted by Crippen LogP contribution is 2.17. The summed E-state index contributed by atoms with van der Waals surface area (Å²) in [7, 11) is 0. The van der Waals surface area contributed by atoms with Gasteiger partial charge in [0, 0.05) is 6.08 Å². The van der Waals surface area contributed by atoms with Gasteiger partial charge in [0.1, 0.15) is 5.82 Å². The van der Waals surface area contributed by atoms with Gasteiger partial charge in [0.05, 0.1) is 24.6 Å². The minimum absolute atomic E-state index is 0.0199. The number of nitro groups is 1. The van der Waals surface area contributed by atoms with E-state index in [1.807, 2.05) is 0 Å². The van der Waals surface area contributed by atoms with Crippen molar-refractivity contribution in [2.24, 2.45) is 0 Å². The van der Waals surface area contributed by atoms with Gasteiger partial charge in [-0.25, -0.2) is 4.39 Å². The lowest BCUT2D eigenvalue weighted by atomic mass is 10.1. The number of ether oxygens (including phenoxy) is 2. The maximum Gasteiger partial charge on any atom is 0.251 e. The molecule has 1 heterocycles. The summed E-state index contributed by atoms with van der Waals surface area (Å²) < 4.78 is 23.0. The smallest absolute Gasteiger partial charge is 0.251 e. The number of benzene rings is 1. The van der Waals surface area contributed by atoms with Gasteiger partial charge in [-0.1, -0.05) is 12.1 Å². The quantitative estimate of drug-likeness (QED) is 0.609. The molecule has 0 aromatic heterocycles. The first-order valence-electron chi connectivity index (χ1n) is 5.49. The average molecular weight is 253 g/mol. The molecule has 96 valence electrons. The van der Waals surface area contributed by atoms with Crippen LogP contribution in [0, 0.1) is 15.9 Å². The van der Waals surface area contributed by atoms with E-state index in [2.05, 4.69) is 0 Å². The molecule has 18 heavy (non-hydrogen) atoms. The highest BCUT2D eigenvalue weighted by Gasteiger charge is 2.23. The van der Waals surface area contributed by atoms with E-state index >= 15 is 0 Å². The van der Waals surface area contributed by atoms with Crippen LogP contribution in [0.1, 0.15) is 12.0 Å². The molecule has 0 N–H and O–H groups in total. The largest absolute Gasteiger partial charge is 0.350 e. The van der Waals surface area contributed by atoms with Gasteiger partial charge in [-0.3, -0.25) is 10.1 Å². The number of hydrogen-bond donors (Lipinski definition) is 0. The molecule has 0 radical (unpaired) electrons. The van der Waals surface area contributed by atoms with Gasteiger partial charge in [0.15, 0.2) is 6.29 Å². The first-order valence-corrected chi connectivity index (χ1v) is 5.49. The van der Waals surface area contributed by atoms with Crippen molar-refractivity contribution >= 4 is 6.08 Å². The van der Waals surface area contributed by atoms with E-state index in [0.717, 1.165) is 0 Å². The van der Waals surface area contributed by atoms with E-state index < -0.39 is 11.2 Å². The van der Waals surface area contributed by atoms with Crippen LogP contribution in [0.4, 0.5) is 4.39 Å². The minimum Gasteiger partial charge on any atom is -0.350 e. The van der Waals surface area contributed by atoms with Gasteiger partial charge in [0.2, 0.25) is 0 Å². The van der Waals surface area contributed by atoms with Crippen molar-refractivity contribution in [3.63, 3.8) is 0 Å². The average Bonchev–Trinajstić information content (AvgIpc) is 2.84. The molecule has 1 aliphatic rings.